The van der Waals surface area contributed by atoms with Crippen molar-refractivity contribution in [3.63, 3.8) is 0 Å². The third-order valence-corrected chi connectivity index (χ3v) is 6.14. The van der Waals surface area contributed by atoms with Crippen molar-refractivity contribution >= 4 is 40.5 Å². The fraction of sp³-hybridized carbons (Fsp3) is 0.174. The van der Waals surface area contributed by atoms with E-state index >= 15 is 0 Å². The molecule has 0 bridgehead atoms. The summed E-state index contributed by atoms with van der Waals surface area (Å²) < 4.78 is 12.0. The SMILES string of the molecule is COc1ccccc1C1Oc2c(Cl)cc(Cl)cc2C2CC(c3ccc(Cl)cc3)=NN21. The number of nitrogens with zero attached hydrogens (tertiary/aromatic N) is 2. The van der Waals surface area contributed by atoms with Crippen molar-refractivity contribution in [2.45, 2.75) is 18.7 Å². The smallest absolute Gasteiger partial charge is 0.217 e. The normalized spacial score (nSPS) is 19.6. The lowest BCUT2D eigenvalue weighted by Gasteiger charge is -2.39. The summed E-state index contributed by atoms with van der Waals surface area (Å²) in [6.07, 6.45) is 0.211. The molecule has 0 fully saturated rings. The average Bonchev–Trinajstić information content (AvgIpc) is 3.19. The largest absolute Gasteiger partial charge is 0.496 e. The molecule has 3 aromatic rings. The first kappa shape index (κ1) is 19.6. The van der Waals surface area contributed by atoms with Gasteiger partial charge in [-0.3, -0.25) is 0 Å². The third-order valence-electron chi connectivity index (χ3n) is 5.39. The number of benzene rings is 3. The van der Waals surface area contributed by atoms with Crippen molar-refractivity contribution < 1.29 is 9.47 Å². The van der Waals surface area contributed by atoms with E-state index in [0.717, 1.165) is 28.2 Å². The van der Waals surface area contributed by atoms with Gasteiger partial charge < -0.3 is 9.47 Å². The zero-order valence-corrected chi connectivity index (χ0v) is 18.2. The second kappa shape index (κ2) is 7.69. The highest BCUT2D eigenvalue weighted by Crippen LogP contribution is 2.51. The summed E-state index contributed by atoms with van der Waals surface area (Å²) in [5, 5.41) is 8.65. The highest BCUT2D eigenvalue weighted by Gasteiger charge is 2.42. The van der Waals surface area contributed by atoms with Crippen molar-refractivity contribution in [2.24, 2.45) is 5.10 Å². The van der Waals surface area contributed by atoms with Gasteiger partial charge in [0.2, 0.25) is 6.23 Å². The van der Waals surface area contributed by atoms with Gasteiger partial charge in [-0.2, -0.15) is 5.10 Å². The van der Waals surface area contributed by atoms with Crippen LogP contribution >= 0.6 is 34.8 Å². The van der Waals surface area contributed by atoms with E-state index in [1.165, 1.54) is 0 Å². The number of hydrazone groups is 1. The summed E-state index contributed by atoms with van der Waals surface area (Å²) >= 11 is 18.9. The van der Waals surface area contributed by atoms with E-state index < -0.39 is 6.23 Å². The third kappa shape index (κ3) is 3.29. The maximum atomic E-state index is 6.52. The van der Waals surface area contributed by atoms with Gasteiger partial charge in [-0.25, -0.2) is 5.01 Å². The molecule has 0 N–H and O–H groups in total. The van der Waals surface area contributed by atoms with Crippen LogP contribution in [0.15, 0.2) is 65.8 Å². The van der Waals surface area contributed by atoms with Gasteiger partial charge in [0.15, 0.2) is 0 Å². The molecule has 2 aliphatic heterocycles. The molecule has 0 aliphatic carbocycles. The highest BCUT2D eigenvalue weighted by atomic mass is 35.5. The summed E-state index contributed by atoms with van der Waals surface area (Å²) in [6, 6.07) is 19.0. The zero-order chi connectivity index (χ0) is 20.8. The van der Waals surface area contributed by atoms with Gasteiger partial charge in [-0.1, -0.05) is 59.1 Å². The van der Waals surface area contributed by atoms with E-state index in [2.05, 4.69) is 0 Å². The summed E-state index contributed by atoms with van der Waals surface area (Å²) in [5.74, 6) is 1.36. The molecule has 0 spiro atoms. The number of para-hydroxylation sites is 1. The quantitative estimate of drug-likeness (QED) is 0.427. The minimum Gasteiger partial charge on any atom is -0.496 e. The van der Waals surface area contributed by atoms with Crippen LogP contribution < -0.4 is 9.47 Å². The van der Waals surface area contributed by atoms with Crippen LogP contribution in [0.25, 0.3) is 0 Å². The molecule has 2 unspecified atom stereocenters. The molecule has 7 heteroatoms. The number of hydrogen-bond donors (Lipinski definition) is 0. The summed E-state index contributed by atoms with van der Waals surface area (Å²) in [6.45, 7) is 0. The van der Waals surface area contributed by atoms with Gasteiger partial charge in [-0.15, -0.1) is 0 Å². The molecule has 30 heavy (non-hydrogen) atoms. The molecule has 0 saturated heterocycles. The van der Waals surface area contributed by atoms with E-state index in [-0.39, 0.29) is 6.04 Å². The first-order valence-corrected chi connectivity index (χ1v) is 10.6. The number of ether oxygens (including phenoxy) is 2. The van der Waals surface area contributed by atoms with Crippen LogP contribution in [0.5, 0.6) is 11.5 Å². The number of fused-ring (bicyclic) bond motifs is 3. The van der Waals surface area contributed by atoms with Gasteiger partial charge in [0.1, 0.15) is 11.5 Å². The lowest BCUT2D eigenvalue weighted by molar-refractivity contribution is -0.0202. The van der Waals surface area contributed by atoms with E-state index in [9.17, 15) is 0 Å². The number of halogens is 3. The molecule has 3 aromatic carbocycles. The van der Waals surface area contributed by atoms with Crippen molar-refractivity contribution in [2.75, 3.05) is 7.11 Å². The molecular formula is C23H17Cl3N2O2. The summed E-state index contributed by atoms with van der Waals surface area (Å²) in [4.78, 5) is 0. The second-order valence-corrected chi connectivity index (χ2v) is 8.45. The fourth-order valence-corrected chi connectivity index (χ4v) is 4.69. The average molecular weight is 460 g/mol. The molecule has 2 atom stereocenters. The van der Waals surface area contributed by atoms with Crippen molar-refractivity contribution in [1.29, 1.82) is 0 Å². The second-order valence-electron chi connectivity index (χ2n) is 7.17. The van der Waals surface area contributed by atoms with Crippen LogP contribution in [0.2, 0.25) is 15.1 Å². The Morgan fingerprint density at radius 3 is 2.50 bits per heavy atom. The topological polar surface area (TPSA) is 34.1 Å². The molecule has 5 rings (SSSR count). The lowest BCUT2D eigenvalue weighted by Crippen LogP contribution is -2.34. The van der Waals surface area contributed by atoms with Crippen LogP contribution in [0.3, 0.4) is 0 Å². The lowest BCUT2D eigenvalue weighted by atomic mass is 9.95. The van der Waals surface area contributed by atoms with Gasteiger partial charge >= 0.3 is 0 Å². The maximum absolute atomic E-state index is 6.52. The molecule has 2 aliphatic rings. The zero-order valence-electron chi connectivity index (χ0n) is 16.0. The molecular weight excluding hydrogens is 443 g/mol. The van der Waals surface area contributed by atoms with E-state index in [1.54, 1.807) is 13.2 Å². The molecule has 0 radical (unpaired) electrons. The Balaban J connectivity index is 1.65. The number of methoxy groups -OCH3 is 1. The van der Waals surface area contributed by atoms with Gasteiger partial charge in [0.25, 0.3) is 0 Å². The maximum Gasteiger partial charge on any atom is 0.217 e. The van der Waals surface area contributed by atoms with Gasteiger partial charge in [0, 0.05) is 22.0 Å². The van der Waals surface area contributed by atoms with Crippen LogP contribution in [-0.2, 0) is 0 Å². The summed E-state index contributed by atoms with van der Waals surface area (Å²) in [5.41, 5.74) is 3.76. The molecule has 4 nitrogen and oxygen atoms in total. The molecule has 0 saturated carbocycles. The van der Waals surface area contributed by atoms with E-state index in [0.29, 0.717) is 27.2 Å². The first-order valence-electron chi connectivity index (χ1n) is 9.45. The van der Waals surface area contributed by atoms with Crippen LogP contribution in [-0.4, -0.2) is 17.8 Å². The first-order chi connectivity index (χ1) is 14.5. The fourth-order valence-electron chi connectivity index (χ4n) is 4.01. The molecule has 0 amide bonds. The predicted molar refractivity (Wildman–Crippen MR) is 120 cm³/mol. The van der Waals surface area contributed by atoms with Crippen molar-refractivity contribution in [3.8, 4) is 11.5 Å². The van der Waals surface area contributed by atoms with Crippen LogP contribution in [0.4, 0.5) is 0 Å². The number of hydrogen-bond acceptors (Lipinski definition) is 4. The van der Waals surface area contributed by atoms with Crippen molar-refractivity contribution in [1.82, 2.24) is 5.01 Å². The van der Waals surface area contributed by atoms with Gasteiger partial charge in [0.05, 0.1) is 29.4 Å². The van der Waals surface area contributed by atoms with Crippen LogP contribution in [0, 0.1) is 0 Å². The van der Waals surface area contributed by atoms with Crippen LogP contribution in [0.1, 0.15) is 35.4 Å². The molecule has 0 aromatic heterocycles. The standard InChI is InChI=1S/C23H17Cl3N2O2/c1-29-21-5-3-2-4-16(21)23-28-20(17-10-15(25)11-18(26)22(17)30-23)12-19(27-28)13-6-8-14(24)9-7-13/h2-11,20,23H,12H2,1H3. The van der Waals surface area contributed by atoms with E-state index in [1.807, 2.05) is 59.6 Å². The molecule has 152 valence electrons. The predicted octanol–water partition coefficient (Wildman–Crippen LogP) is 6.90. The summed E-state index contributed by atoms with van der Waals surface area (Å²) in [7, 11) is 1.65. The minimum absolute atomic E-state index is 0.0643. The Hall–Kier alpha value is -2.40. The Kier molecular flexibility index (Phi) is 5.02. The Bertz CT molecular complexity index is 1150. The van der Waals surface area contributed by atoms with Gasteiger partial charge in [-0.05, 0) is 42.0 Å². The highest BCUT2D eigenvalue weighted by molar-refractivity contribution is 6.35. The monoisotopic (exact) mass is 458 g/mol. The Morgan fingerprint density at radius 2 is 1.73 bits per heavy atom. The Labute approximate surface area is 189 Å². The molecule has 2 heterocycles. The van der Waals surface area contributed by atoms with Crippen molar-refractivity contribution in [3.05, 3.63) is 92.4 Å². The Morgan fingerprint density at radius 1 is 0.967 bits per heavy atom. The minimum atomic E-state index is -0.484. The van der Waals surface area contributed by atoms with E-state index in [4.69, 9.17) is 49.4 Å². The number of rotatable bonds is 3.